The van der Waals surface area contributed by atoms with E-state index in [9.17, 15) is 9.59 Å². The second-order valence-electron chi connectivity index (χ2n) is 4.91. The summed E-state index contributed by atoms with van der Waals surface area (Å²) in [4.78, 5) is 24.1. The van der Waals surface area contributed by atoms with Crippen molar-refractivity contribution in [3.05, 3.63) is 76.0 Å². The van der Waals surface area contributed by atoms with Crippen LogP contribution in [-0.2, 0) is 0 Å². The fraction of sp³-hybridized carbons (Fsp3) is 0.0588. The number of ketones is 1. The van der Waals surface area contributed by atoms with E-state index in [4.69, 9.17) is 0 Å². The molecular formula is C17H14N4O2S. The Morgan fingerprint density at radius 1 is 1.04 bits per heavy atom. The summed E-state index contributed by atoms with van der Waals surface area (Å²) in [6.45, 7) is 1.44. The van der Waals surface area contributed by atoms with Crippen LogP contribution in [0.2, 0.25) is 0 Å². The first-order valence-corrected chi connectivity index (χ1v) is 8.02. The zero-order valence-corrected chi connectivity index (χ0v) is 13.7. The third-order valence-electron chi connectivity index (χ3n) is 3.15. The molecule has 0 fully saturated rings. The molecule has 2 aromatic carbocycles. The lowest BCUT2D eigenvalue weighted by atomic mass is 10.2. The minimum absolute atomic E-state index is 0.152. The quantitative estimate of drug-likeness (QED) is 0.586. The van der Waals surface area contributed by atoms with Crippen LogP contribution in [0.3, 0.4) is 0 Å². The van der Waals surface area contributed by atoms with E-state index in [1.165, 1.54) is 11.6 Å². The van der Waals surface area contributed by atoms with Crippen molar-refractivity contribution in [3.8, 4) is 5.69 Å². The molecule has 0 unspecified atom stereocenters. The fourth-order valence-electron chi connectivity index (χ4n) is 1.99. The Morgan fingerprint density at radius 2 is 1.67 bits per heavy atom. The van der Waals surface area contributed by atoms with Gasteiger partial charge >= 0.3 is 0 Å². The molecular weight excluding hydrogens is 324 g/mol. The van der Waals surface area contributed by atoms with Crippen LogP contribution in [-0.4, -0.2) is 21.5 Å². The van der Waals surface area contributed by atoms with Crippen LogP contribution in [0.15, 0.2) is 65.8 Å². The maximum absolute atomic E-state index is 12.1. The summed E-state index contributed by atoms with van der Waals surface area (Å²) in [6, 6.07) is 18.1. The van der Waals surface area contributed by atoms with E-state index in [0.717, 1.165) is 17.0 Å². The van der Waals surface area contributed by atoms with Crippen molar-refractivity contribution < 1.29 is 9.59 Å². The van der Waals surface area contributed by atoms with Gasteiger partial charge in [-0.2, -0.15) is 5.10 Å². The van der Waals surface area contributed by atoms with E-state index in [0.29, 0.717) is 15.4 Å². The van der Waals surface area contributed by atoms with Crippen LogP contribution in [0.1, 0.15) is 27.1 Å². The Labute approximate surface area is 142 Å². The minimum atomic E-state index is -0.326. The van der Waals surface area contributed by atoms with E-state index in [2.05, 4.69) is 15.6 Å². The van der Waals surface area contributed by atoms with E-state index in [-0.39, 0.29) is 11.7 Å². The number of Topliss-reactive ketones (excluding diaryl/α,β-unsaturated/α-hetero) is 1. The second-order valence-corrected chi connectivity index (χ2v) is 5.87. The average molecular weight is 338 g/mol. The molecule has 0 spiro atoms. The molecule has 0 radical (unpaired) electrons. The van der Waals surface area contributed by atoms with E-state index in [1.807, 2.05) is 36.4 Å². The highest BCUT2D eigenvalue weighted by atomic mass is 32.1. The highest BCUT2D eigenvalue weighted by Gasteiger charge is 2.11. The lowest BCUT2D eigenvalue weighted by molar-refractivity contribution is 0.0951. The van der Waals surface area contributed by atoms with E-state index in [1.54, 1.807) is 24.3 Å². The predicted octanol–water partition coefficient (Wildman–Crippen LogP) is 2.38. The summed E-state index contributed by atoms with van der Waals surface area (Å²) < 4.78 is 1.53. The Morgan fingerprint density at radius 3 is 2.29 bits per heavy atom. The van der Waals surface area contributed by atoms with Gasteiger partial charge in [0.15, 0.2) is 10.8 Å². The number of hydrogen-bond acceptors (Lipinski definition) is 5. The number of para-hydroxylation sites is 1. The molecule has 3 rings (SSSR count). The Hall–Kier alpha value is -3.06. The largest absolute Gasteiger partial charge is 0.292 e. The zero-order chi connectivity index (χ0) is 16.9. The lowest BCUT2D eigenvalue weighted by Gasteiger charge is -2.01. The normalized spacial score (nSPS) is 11.3. The first kappa shape index (κ1) is 15.8. The molecule has 0 aliphatic carbocycles. The minimum Gasteiger partial charge on any atom is -0.292 e. The standard InChI is InChI=1S/C17H14N4O2S/c1-12(22)16-20-21(14-10-6-3-7-11-14)17(24-16)19-18-15(23)13-8-4-2-5-9-13/h2-11H,1H3,(H,18,23)/b19-17-. The third-order valence-corrected chi connectivity index (χ3v) is 4.16. The van der Waals surface area contributed by atoms with Crippen molar-refractivity contribution in [3.63, 3.8) is 0 Å². The van der Waals surface area contributed by atoms with E-state index >= 15 is 0 Å². The van der Waals surface area contributed by atoms with Gasteiger partial charge in [0.2, 0.25) is 4.80 Å². The molecule has 1 heterocycles. The van der Waals surface area contributed by atoms with Gasteiger partial charge in [-0.1, -0.05) is 47.7 Å². The molecule has 0 saturated heterocycles. The monoisotopic (exact) mass is 338 g/mol. The van der Waals surface area contributed by atoms with Gasteiger partial charge in [0.25, 0.3) is 5.91 Å². The maximum Gasteiger partial charge on any atom is 0.271 e. The average Bonchev–Trinajstić information content (AvgIpc) is 3.06. The molecule has 6 nitrogen and oxygen atoms in total. The van der Waals surface area contributed by atoms with E-state index < -0.39 is 0 Å². The molecule has 0 saturated carbocycles. The zero-order valence-electron chi connectivity index (χ0n) is 12.8. The van der Waals surface area contributed by atoms with Crippen molar-refractivity contribution in [2.75, 3.05) is 0 Å². The van der Waals surface area contributed by atoms with Crippen LogP contribution in [0.4, 0.5) is 0 Å². The molecule has 0 aliphatic heterocycles. The molecule has 24 heavy (non-hydrogen) atoms. The van der Waals surface area contributed by atoms with Crippen molar-refractivity contribution in [2.45, 2.75) is 6.92 Å². The highest BCUT2D eigenvalue weighted by molar-refractivity contribution is 7.10. The number of carbonyl (C=O) groups excluding carboxylic acids is 2. The fourth-order valence-corrected chi connectivity index (χ4v) is 2.75. The summed E-state index contributed by atoms with van der Waals surface area (Å²) in [6.07, 6.45) is 0. The number of rotatable bonds is 4. The van der Waals surface area contributed by atoms with Gasteiger partial charge in [0.05, 0.1) is 5.69 Å². The number of nitrogens with zero attached hydrogens (tertiary/aromatic N) is 3. The van der Waals surface area contributed by atoms with Crippen LogP contribution < -0.4 is 10.2 Å². The van der Waals surface area contributed by atoms with Crippen molar-refractivity contribution in [1.29, 1.82) is 0 Å². The first-order chi connectivity index (χ1) is 11.6. The summed E-state index contributed by atoms with van der Waals surface area (Å²) in [5.74, 6) is -0.478. The molecule has 1 aromatic heterocycles. The smallest absolute Gasteiger partial charge is 0.271 e. The van der Waals surface area contributed by atoms with Crippen LogP contribution in [0.5, 0.6) is 0 Å². The van der Waals surface area contributed by atoms with Gasteiger partial charge in [0.1, 0.15) is 0 Å². The summed E-state index contributed by atoms with van der Waals surface area (Å²) >= 11 is 1.12. The molecule has 1 N–H and O–H groups in total. The number of amides is 1. The number of hydrogen-bond donors (Lipinski definition) is 1. The maximum atomic E-state index is 12.1. The van der Waals surface area contributed by atoms with Crippen molar-refractivity contribution >= 4 is 23.0 Å². The Kier molecular flexibility index (Phi) is 4.62. The number of nitrogens with one attached hydrogen (secondary N) is 1. The third kappa shape index (κ3) is 3.47. The number of carbonyl (C=O) groups is 2. The first-order valence-electron chi connectivity index (χ1n) is 7.21. The topological polar surface area (TPSA) is 76.3 Å². The molecule has 120 valence electrons. The Bertz CT molecular complexity index is 930. The molecule has 0 atom stereocenters. The second kappa shape index (κ2) is 7.01. The highest BCUT2D eigenvalue weighted by Crippen LogP contribution is 2.07. The van der Waals surface area contributed by atoms with Gasteiger partial charge in [-0.05, 0) is 24.3 Å². The molecule has 3 aromatic rings. The Balaban J connectivity index is 1.97. The number of aromatic nitrogens is 2. The van der Waals surface area contributed by atoms with Gasteiger partial charge in [-0.25, -0.2) is 10.1 Å². The summed E-state index contributed by atoms with van der Waals surface area (Å²) in [5.41, 5.74) is 3.76. The van der Waals surface area contributed by atoms with Crippen molar-refractivity contribution in [1.82, 2.24) is 15.2 Å². The van der Waals surface area contributed by atoms with Gasteiger partial charge in [0, 0.05) is 12.5 Å². The summed E-state index contributed by atoms with van der Waals surface area (Å²) in [5, 5.41) is 8.73. The van der Waals surface area contributed by atoms with Crippen LogP contribution >= 0.6 is 11.3 Å². The SMILES string of the molecule is CC(=O)c1nn(-c2ccccc2)/c(=N/NC(=O)c2ccccc2)s1. The molecule has 1 amide bonds. The lowest BCUT2D eigenvalue weighted by Crippen LogP contribution is -2.24. The summed E-state index contributed by atoms with van der Waals surface area (Å²) in [7, 11) is 0. The predicted molar refractivity (Wildman–Crippen MR) is 90.9 cm³/mol. The molecule has 0 bridgehead atoms. The molecule has 0 aliphatic rings. The van der Waals surface area contributed by atoms with Crippen LogP contribution in [0, 0.1) is 0 Å². The van der Waals surface area contributed by atoms with Gasteiger partial charge in [-0.15, -0.1) is 5.10 Å². The van der Waals surface area contributed by atoms with Gasteiger partial charge < -0.3 is 0 Å². The van der Waals surface area contributed by atoms with Crippen molar-refractivity contribution in [2.24, 2.45) is 5.10 Å². The van der Waals surface area contributed by atoms with Crippen LogP contribution in [0.25, 0.3) is 5.69 Å². The number of benzene rings is 2. The molecule has 7 heteroatoms. The van der Waals surface area contributed by atoms with Gasteiger partial charge in [-0.3, -0.25) is 9.59 Å².